The lowest BCUT2D eigenvalue weighted by atomic mass is 9.83. The molecular weight excluding hydrogens is 285 g/mol. The van der Waals surface area contributed by atoms with E-state index in [9.17, 15) is 13.2 Å². The van der Waals surface area contributed by atoms with E-state index in [2.05, 4.69) is 37.9 Å². The molecule has 0 aromatic rings. The van der Waals surface area contributed by atoms with Gasteiger partial charge in [-0.3, -0.25) is 4.90 Å². The van der Waals surface area contributed by atoms with Crippen molar-refractivity contribution in [1.29, 1.82) is 0 Å². The molecule has 0 aromatic heterocycles. The average molecular weight is 312 g/mol. The predicted molar refractivity (Wildman–Crippen MR) is 80.0 cm³/mol. The van der Waals surface area contributed by atoms with Crippen molar-refractivity contribution >= 4 is 11.8 Å². The van der Waals surface area contributed by atoms with Gasteiger partial charge in [0.15, 0.2) is 0 Å². The molecule has 2 unspecified atom stereocenters. The number of hydrogen-bond acceptors (Lipinski definition) is 3. The third-order valence-electron chi connectivity index (χ3n) is 3.78. The smallest absolute Gasteiger partial charge is 0.311 e. The standard InChI is InChI=1S/C14H27F3N2S/c1-5-6-11-10-19(7-8-20-14(15,16)17)12(9-18-11)13(2,3)4/h11-12,18H,5-10H2,1-4H3. The van der Waals surface area contributed by atoms with E-state index < -0.39 is 5.51 Å². The minimum Gasteiger partial charge on any atom is -0.311 e. The van der Waals surface area contributed by atoms with E-state index in [1.807, 2.05) is 0 Å². The highest BCUT2D eigenvalue weighted by molar-refractivity contribution is 8.00. The Balaban J connectivity index is 2.58. The number of nitrogens with zero attached hydrogens (tertiary/aromatic N) is 1. The molecule has 1 saturated heterocycles. The quantitative estimate of drug-likeness (QED) is 0.833. The maximum atomic E-state index is 12.3. The van der Waals surface area contributed by atoms with Crippen LogP contribution in [0.15, 0.2) is 0 Å². The summed E-state index contributed by atoms with van der Waals surface area (Å²) in [7, 11) is 0. The van der Waals surface area contributed by atoms with Crippen molar-refractivity contribution in [1.82, 2.24) is 10.2 Å². The van der Waals surface area contributed by atoms with E-state index in [1.165, 1.54) is 0 Å². The molecule has 1 N–H and O–H groups in total. The highest BCUT2D eigenvalue weighted by Gasteiger charge is 2.36. The second-order valence-corrected chi connectivity index (χ2v) is 7.72. The maximum absolute atomic E-state index is 12.3. The van der Waals surface area contributed by atoms with Gasteiger partial charge >= 0.3 is 5.51 Å². The summed E-state index contributed by atoms with van der Waals surface area (Å²) in [6.07, 6.45) is 2.18. The van der Waals surface area contributed by atoms with E-state index in [1.54, 1.807) is 0 Å². The third-order valence-corrected chi connectivity index (χ3v) is 4.49. The number of nitrogens with one attached hydrogen (secondary N) is 1. The fraction of sp³-hybridized carbons (Fsp3) is 1.00. The van der Waals surface area contributed by atoms with Crippen molar-refractivity contribution in [2.24, 2.45) is 5.41 Å². The number of hydrogen-bond donors (Lipinski definition) is 1. The average Bonchev–Trinajstić information content (AvgIpc) is 2.26. The van der Waals surface area contributed by atoms with Crippen LogP contribution >= 0.6 is 11.8 Å². The molecule has 0 amide bonds. The van der Waals surface area contributed by atoms with E-state index in [-0.39, 0.29) is 22.9 Å². The molecule has 1 fully saturated rings. The lowest BCUT2D eigenvalue weighted by Gasteiger charge is -2.46. The number of thioether (sulfide) groups is 1. The Morgan fingerprint density at radius 2 is 1.90 bits per heavy atom. The molecule has 2 atom stereocenters. The van der Waals surface area contributed by atoms with Gasteiger partial charge in [0.05, 0.1) is 0 Å². The number of halogens is 3. The molecule has 20 heavy (non-hydrogen) atoms. The first-order valence-electron chi connectivity index (χ1n) is 7.31. The Morgan fingerprint density at radius 1 is 1.25 bits per heavy atom. The summed E-state index contributed by atoms with van der Waals surface area (Å²) in [6.45, 7) is 10.8. The zero-order valence-electron chi connectivity index (χ0n) is 12.9. The molecule has 0 aliphatic carbocycles. The Morgan fingerprint density at radius 3 is 2.40 bits per heavy atom. The fourth-order valence-electron chi connectivity index (χ4n) is 2.80. The van der Waals surface area contributed by atoms with Gasteiger partial charge in [-0.2, -0.15) is 13.2 Å². The molecule has 1 aliphatic heterocycles. The molecule has 0 aromatic carbocycles. The summed E-state index contributed by atoms with van der Waals surface area (Å²) >= 11 is 0.0924. The van der Waals surface area contributed by atoms with Gasteiger partial charge in [0, 0.05) is 37.5 Å². The molecule has 2 nitrogen and oxygen atoms in total. The van der Waals surface area contributed by atoms with Gasteiger partial charge < -0.3 is 5.32 Å². The van der Waals surface area contributed by atoms with Crippen molar-refractivity contribution in [3.05, 3.63) is 0 Å². The molecule has 1 aliphatic rings. The monoisotopic (exact) mass is 312 g/mol. The summed E-state index contributed by atoms with van der Waals surface area (Å²) in [6, 6.07) is 0.707. The van der Waals surface area contributed by atoms with Gasteiger partial charge in [0.25, 0.3) is 0 Å². The van der Waals surface area contributed by atoms with Gasteiger partial charge in [-0.15, -0.1) is 0 Å². The minimum atomic E-state index is -4.12. The molecule has 0 bridgehead atoms. The first-order valence-corrected chi connectivity index (χ1v) is 8.30. The van der Waals surface area contributed by atoms with Gasteiger partial charge in [-0.05, 0) is 23.6 Å². The summed E-state index contributed by atoms with van der Waals surface area (Å²) < 4.78 is 36.8. The molecule has 1 heterocycles. The number of rotatable bonds is 5. The summed E-state index contributed by atoms with van der Waals surface area (Å²) in [5.41, 5.74) is -4.04. The molecule has 6 heteroatoms. The van der Waals surface area contributed by atoms with Crippen LogP contribution in [0.1, 0.15) is 40.5 Å². The molecule has 0 saturated carbocycles. The van der Waals surface area contributed by atoms with Crippen molar-refractivity contribution in [3.8, 4) is 0 Å². The highest BCUT2D eigenvalue weighted by atomic mass is 32.2. The van der Waals surface area contributed by atoms with Gasteiger partial charge in [0.1, 0.15) is 0 Å². The largest absolute Gasteiger partial charge is 0.441 e. The summed E-state index contributed by atoms with van der Waals surface area (Å²) in [4.78, 5) is 2.25. The SMILES string of the molecule is CCCC1CN(CCSC(F)(F)F)C(C(C)(C)C)CN1. The Hall–Kier alpha value is 0.0600. The minimum absolute atomic E-state index is 0.0765. The Bertz CT molecular complexity index is 289. The van der Waals surface area contributed by atoms with Gasteiger partial charge in [-0.25, -0.2) is 0 Å². The van der Waals surface area contributed by atoms with Crippen LogP contribution in [0.5, 0.6) is 0 Å². The molecule has 120 valence electrons. The second-order valence-electron chi connectivity index (χ2n) is 6.56. The topological polar surface area (TPSA) is 15.3 Å². The van der Waals surface area contributed by atoms with Crippen LogP contribution in [0.4, 0.5) is 13.2 Å². The van der Waals surface area contributed by atoms with Crippen LogP contribution in [0, 0.1) is 5.41 Å². The van der Waals surface area contributed by atoms with Crippen LogP contribution in [0.25, 0.3) is 0 Å². The van der Waals surface area contributed by atoms with Crippen molar-refractivity contribution in [2.75, 3.05) is 25.4 Å². The predicted octanol–water partition coefficient (Wildman–Crippen LogP) is 3.73. The van der Waals surface area contributed by atoms with Crippen LogP contribution < -0.4 is 5.32 Å². The third kappa shape index (κ3) is 6.22. The maximum Gasteiger partial charge on any atom is 0.441 e. The van der Waals surface area contributed by atoms with Crippen molar-refractivity contribution in [2.45, 2.75) is 58.1 Å². The van der Waals surface area contributed by atoms with Crippen LogP contribution in [-0.4, -0.2) is 47.9 Å². The molecule has 1 rings (SSSR count). The van der Waals surface area contributed by atoms with E-state index in [4.69, 9.17) is 0 Å². The van der Waals surface area contributed by atoms with Crippen molar-refractivity contribution < 1.29 is 13.2 Å². The Kier molecular flexibility index (Phi) is 6.67. The van der Waals surface area contributed by atoms with E-state index in [0.29, 0.717) is 18.6 Å². The van der Waals surface area contributed by atoms with E-state index in [0.717, 1.165) is 25.9 Å². The Labute approximate surface area is 124 Å². The zero-order valence-corrected chi connectivity index (χ0v) is 13.7. The number of piperazine rings is 1. The van der Waals surface area contributed by atoms with E-state index >= 15 is 0 Å². The van der Waals surface area contributed by atoms with Crippen LogP contribution in [0.2, 0.25) is 0 Å². The molecule has 0 spiro atoms. The summed E-state index contributed by atoms with van der Waals surface area (Å²) in [5, 5.41) is 3.54. The number of alkyl halides is 3. The van der Waals surface area contributed by atoms with Crippen LogP contribution in [0.3, 0.4) is 0 Å². The van der Waals surface area contributed by atoms with Crippen LogP contribution in [-0.2, 0) is 0 Å². The fourth-order valence-corrected chi connectivity index (χ4v) is 3.36. The summed E-state index contributed by atoms with van der Waals surface area (Å²) in [5.74, 6) is 0.120. The normalized spacial score (nSPS) is 25.9. The molecular formula is C14H27F3N2S. The highest BCUT2D eigenvalue weighted by Crippen LogP contribution is 2.31. The molecule has 0 radical (unpaired) electrons. The zero-order chi connectivity index (χ0) is 15.4. The second kappa shape index (κ2) is 7.36. The first-order chi connectivity index (χ1) is 9.13. The van der Waals surface area contributed by atoms with Crippen molar-refractivity contribution in [3.63, 3.8) is 0 Å². The van der Waals surface area contributed by atoms with Gasteiger partial charge in [-0.1, -0.05) is 34.1 Å². The lowest BCUT2D eigenvalue weighted by molar-refractivity contribution is -0.0330. The van der Waals surface area contributed by atoms with Gasteiger partial charge in [0.2, 0.25) is 0 Å². The lowest BCUT2D eigenvalue weighted by Crippen LogP contribution is -2.60. The first kappa shape index (κ1) is 18.1.